The van der Waals surface area contributed by atoms with Gasteiger partial charge < -0.3 is 19.7 Å². The fourth-order valence-corrected chi connectivity index (χ4v) is 8.27. The molecule has 1 aliphatic heterocycles. The summed E-state index contributed by atoms with van der Waals surface area (Å²) in [6.07, 6.45) is 11.7. The molecule has 0 aromatic rings. The highest BCUT2D eigenvalue weighted by Gasteiger charge is 2.75. The van der Waals surface area contributed by atoms with Gasteiger partial charge in [-0.2, -0.15) is 0 Å². The van der Waals surface area contributed by atoms with Crippen LogP contribution in [0.1, 0.15) is 65.7 Å². The van der Waals surface area contributed by atoms with E-state index in [1.165, 1.54) is 5.57 Å². The third kappa shape index (κ3) is 2.47. The minimum Gasteiger partial charge on any atom is -0.393 e. The first-order chi connectivity index (χ1) is 14.3. The van der Waals surface area contributed by atoms with Crippen LogP contribution in [0.3, 0.4) is 0 Å². The van der Waals surface area contributed by atoms with Crippen molar-refractivity contribution in [3.63, 3.8) is 0 Å². The molecule has 1 heterocycles. The monoisotopic (exact) mass is 416 g/mol. The summed E-state index contributed by atoms with van der Waals surface area (Å²) in [5.74, 6) is 0.428. The highest BCUT2D eigenvalue weighted by Crippen LogP contribution is 2.69. The number of rotatable bonds is 4. The zero-order chi connectivity index (χ0) is 21.3. The predicted octanol–water partition coefficient (Wildman–Crippen LogP) is 3.54. The van der Waals surface area contributed by atoms with Crippen LogP contribution in [0.2, 0.25) is 0 Å². The van der Waals surface area contributed by atoms with E-state index < -0.39 is 30.0 Å². The maximum atomic E-state index is 13.2. The summed E-state index contributed by atoms with van der Waals surface area (Å²) in [4.78, 5) is 13.2. The lowest BCUT2D eigenvalue weighted by atomic mass is 9.46. The third-order valence-corrected chi connectivity index (χ3v) is 9.43. The Kier molecular flexibility index (Phi) is 4.87. The predicted molar refractivity (Wildman–Crippen MR) is 112 cm³/mol. The second-order valence-corrected chi connectivity index (χ2v) is 10.7. The molecule has 5 rings (SSSR count). The number of Topliss-reactive ketones (excluding diaryl/α,β-unsaturated/α-hetero) is 1. The molecule has 0 amide bonds. The Morgan fingerprint density at radius 2 is 2.13 bits per heavy atom. The van der Waals surface area contributed by atoms with Gasteiger partial charge in [-0.25, -0.2) is 0 Å². The fraction of sp³-hybridized carbons (Fsp3) is 0.800. The number of hydrogen-bond acceptors (Lipinski definition) is 5. The molecule has 166 valence electrons. The molecule has 4 fully saturated rings. The topological polar surface area (TPSA) is 76.0 Å². The molecular formula is C25H36O5. The van der Waals surface area contributed by atoms with E-state index in [1.807, 2.05) is 0 Å². The van der Waals surface area contributed by atoms with Crippen molar-refractivity contribution >= 4 is 5.78 Å². The van der Waals surface area contributed by atoms with Crippen molar-refractivity contribution in [2.24, 2.45) is 28.6 Å². The molecule has 0 aromatic heterocycles. The van der Waals surface area contributed by atoms with Crippen LogP contribution in [0.4, 0.5) is 0 Å². The number of allylic oxidation sites excluding steroid dienone is 4. The molecule has 0 radical (unpaired) electrons. The van der Waals surface area contributed by atoms with Crippen LogP contribution in [0.5, 0.6) is 0 Å². The van der Waals surface area contributed by atoms with Gasteiger partial charge in [0.2, 0.25) is 0 Å². The second kappa shape index (κ2) is 6.99. The van der Waals surface area contributed by atoms with E-state index >= 15 is 0 Å². The number of hydrogen-bond donors (Lipinski definition) is 2. The Hall–Kier alpha value is -1.01. The van der Waals surface area contributed by atoms with Crippen molar-refractivity contribution < 1.29 is 24.5 Å². The van der Waals surface area contributed by atoms with Crippen LogP contribution in [-0.2, 0) is 14.3 Å². The Morgan fingerprint density at radius 3 is 2.87 bits per heavy atom. The molecular weight excluding hydrogens is 380 g/mol. The molecule has 30 heavy (non-hydrogen) atoms. The molecule has 4 aliphatic carbocycles. The van der Waals surface area contributed by atoms with Crippen LogP contribution in [0.15, 0.2) is 23.8 Å². The van der Waals surface area contributed by atoms with E-state index in [9.17, 15) is 15.0 Å². The van der Waals surface area contributed by atoms with Crippen LogP contribution >= 0.6 is 0 Å². The summed E-state index contributed by atoms with van der Waals surface area (Å²) in [5, 5.41) is 21.4. The van der Waals surface area contributed by atoms with Crippen LogP contribution < -0.4 is 0 Å². The highest BCUT2D eigenvalue weighted by molar-refractivity contribution is 5.91. The van der Waals surface area contributed by atoms with Crippen molar-refractivity contribution in [1.29, 1.82) is 0 Å². The lowest BCUT2D eigenvalue weighted by Gasteiger charge is -2.59. The van der Waals surface area contributed by atoms with Gasteiger partial charge >= 0.3 is 0 Å². The Bertz CT molecular complexity index is 788. The number of ether oxygens (including phenoxy) is 2. The minimum atomic E-state index is -1.14. The molecule has 2 N–H and O–H groups in total. The number of ketones is 1. The summed E-state index contributed by atoms with van der Waals surface area (Å²) >= 11 is 0. The number of aliphatic hydroxyl groups excluding tert-OH is 2. The van der Waals surface area contributed by atoms with E-state index in [0.717, 1.165) is 38.5 Å². The second-order valence-electron chi connectivity index (χ2n) is 10.7. The van der Waals surface area contributed by atoms with Gasteiger partial charge in [0, 0.05) is 16.7 Å². The summed E-state index contributed by atoms with van der Waals surface area (Å²) in [6, 6.07) is 0. The Labute approximate surface area is 179 Å². The fourth-order valence-electron chi connectivity index (χ4n) is 8.27. The van der Waals surface area contributed by atoms with Crippen LogP contribution in [0, 0.1) is 28.6 Å². The van der Waals surface area contributed by atoms with Gasteiger partial charge in [0.05, 0.1) is 12.2 Å². The van der Waals surface area contributed by atoms with E-state index in [0.29, 0.717) is 12.3 Å². The van der Waals surface area contributed by atoms with Gasteiger partial charge in [-0.3, -0.25) is 4.79 Å². The standard InChI is InChI=1S/C25H36O5/c1-4-7-21-29-20-12-17-16-10-9-15-8-5-6-11-23(15,2)22(16)18(27)13-24(17,3)25(20,30-21)19(28)14-26/h6,8,11,16-18,20-22,26-27H,4-5,7,9-10,12-14H2,1-3H3. The highest BCUT2D eigenvalue weighted by atomic mass is 16.7. The van der Waals surface area contributed by atoms with E-state index in [2.05, 4.69) is 39.0 Å². The molecule has 9 atom stereocenters. The van der Waals surface area contributed by atoms with Crippen molar-refractivity contribution in [3.05, 3.63) is 23.8 Å². The number of aliphatic hydroxyl groups is 2. The third-order valence-electron chi connectivity index (χ3n) is 9.43. The maximum absolute atomic E-state index is 13.2. The first-order valence-electron chi connectivity index (χ1n) is 11.8. The zero-order valence-electron chi connectivity index (χ0n) is 18.5. The van der Waals surface area contributed by atoms with Gasteiger partial charge in [0.25, 0.3) is 0 Å². The first-order valence-corrected chi connectivity index (χ1v) is 11.8. The van der Waals surface area contributed by atoms with E-state index in [-0.39, 0.29) is 29.1 Å². The Balaban J connectivity index is 1.56. The lowest BCUT2D eigenvalue weighted by molar-refractivity contribution is -0.200. The van der Waals surface area contributed by atoms with Crippen molar-refractivity contribution in [2.75, 3.05) is 6.61 Å². The molecule has 5 nitrogen and oxygen atoms in total. The molecule has 5 heteroatoms. The zero-order valence-corrected chi connectivity index (χ0v) is 18.5. The summed E-state index contributed by atoms with van der Waals surface area (Å²) in [7, 11) is 0. The molecule has 0 spiro atoms. The molecule has 0 aromatic carbocycles. The minimum absolute atomic E-state index is 0.111. The number of carbonyl (C=O) groups excluding carboxylic acids is 1. The van der Waals surface area contributed by atoms with Gasteiger partial charge in [0.1, 0.15) is 6.61 Å². The van der Waals surface area contributed by atoms with Crippen molar-refractivity contribution in [2.45, 2.75) is 89.8 Å². The summed E-state index contributed by atoms with van der Waals surface area (Å²) in [5.41, 5.74) is -0.322. The molecule has 3 saturated carbocycles. The van der Waals surface area contributed by atoms with Crippen molar-refractivity contribution in [1.82, 2.24) is 0 Å². The lowest BCUT2D eigenvalue weighted by Crippen LogP contribution is -2.63. The average molecular weight is 417 g/mol. The summed E-state index contributed by atoms with van der Waals surface area (Å²) < 4.78 is 12.7. The SMILES string of the molecule is CCCC1OC2CC3C4CCC5=CCC=CC5(C)C4C(O)CC3(C)C2(C(=O)CO)O1. The van der Waals surface area contributed by atoms with Crippen LogP contribution in [0.25, 0.3) is 0 Å². The number of carbonyl (C=O) groups is 1. The normalized spacial score (nSPS) is 51.6. The van der Waals surface area contributed by atoms with Crippen LogP contribution in [-0.4, -0.2) is 46.7 Å². The largest absolute Gasteiger partial charge is 0.393 e. The van der Waals surface area contributed by atoms with E-state index in [1.54, 1.807) is 0 Å². The van der Waals surface area contributed by atoms with Gasteiger partial charge in [0.15, 0.2) is 17.7 Å². The molecule has 0 bridgehead atoms. The van der Waals surface area contributed by atoms with Gasteiger partial charge in [-0.05, 0) is 50.4 Å². The number of fused-ring (bicyclic) bond motifs is 7. The summed E-state index contributed by atoms with van der Waals surface area (Å²) in [6.45, 7) is 5.93. The van der Waals surface area contributed by atoms with E-state index in [4.69, 9.17) is 9.47 Å². The quantitative estimate of drug-likeness (QED) is 0.686. The van der Waals surface area contributed by atoms with Crippen molar-refractivity contribution in [3.8, 4) is 0 Å². The molecule has 1 saturated heterocycles. The smallest absolute Gasteiger partial charge is 0.193 e. The first kappa shape index (κ1) is 20.9. The average Bonchev–Trinajstić information content (AvgIpc) is 3.19. The Morgan fingerprint density at radius 1 is 1.33 bits per heavy atom. The van der Waals surface area contributed by atoms with Gasteiger partial charge in [-0.1, -0.05) is 51.0 Å². The molecule has 9 unspecified atom stereocenters. The van der Waals surface area contributed by atoms with Gasteiger partial charge in [-0.15, -0.1) is 0 Å². The maximum Gasteiger partial charge on any atom is 0.193 e. The molecule has 5 aliphatic rings.